The first kappa shape index (κ1) is 22.5. The second-order valence-electron chi connectivity index (χ2n) is 6.30. The van der Waals surface area contributed by atoms with Gasteiger partial charge in [0.1, 0.15) is 6.29 Å². The van der Waals surface area contributed by atoms with E-state index < -0.39 is 5.41 Å². The molecule has 0 spiro atoms. The lowest BCUT2D eigenvalue weighted by Crippen LogP contribution is -2.30. The fourth-order valence-corrected chi connectivity index (χ4v) is 1.70. The minimum absolute atomic E-state index is 0.105. The van der Waals surface area contributed by atoms with Crippen molar-refractivity contribution in [1.29, 1.82) is 0 Å². The molecule has 3 amide bonds. The van der Waals surface area contributed by atoms with Crippen molar-refractivity contribution in [2.45, 2.75) is 26.7 Å². The summed E-state index contributed by atoms with van der Waals surface area (Å²) in [5, 5.41) is 14.2. The molecule has 0 heterocycles. The molecular formula is C17H27N3O5. The van der Waals surface area contributed by atoms with Gasteiger partial charge in [-0.3, -0.25) is 19.2 Å². The van der Waals surface area contributed by atoms with Crippen LogP contribution in [0.2, 0.25) is 0 Å². The molecule has 0 unspecified atom stereocenters. The molecule has 0 saturated carbocycles. The summed E-state index contributed by atoms with van der Waals surface area (Å²) >= 11 is 0. The number of carbonyl (C=O) groups excluding carboxylic acids is 4. The third kappa shape index (κ3) is 11.7. The van der Waals surface area contributed by atoms with E-state index in [4.69, 9.17) is 5.11 Å². The van der Waals surface area contributed by atoms with Crippen molar-refractivity contribution < 1.29 is 24.3 Å². The molecule has 0 aromatic carbocycles. The van der Waals surface area contributed by atoms with Crippen molar-refractivity contribution in [3.05, 3.63) is 24.4 Å². The molecule has 140 valence electrons. The highest BCUT2D eigenvalue weighted by atomic mass is 16.3. The third-order valence-electron chi connectivity index (χ3n) is 3.21. The van der Waals surface area contributed by atoms with E-state index in [1.807, 2.05) is 0 Å². The van der Waals surface area contributed by atoms with E-state index in [0.717, 1.165) is 6.08 Å². The standard InChI is InChI=1S/C17H27N3O5/c1-17(2,13-22)12-15(24)19-9-7-14(23)18-8-5-10-20(3)16(25)6-4-11-21/h4,6-7,9,11,22H,5,8,10,12-13H2,1-3H3,(H,18,23)(H,19,24)/b6-4-,9-7+. The molecule has 0 fully saturated rings. The number of nitrogens with one attached hydrogen (secondary N) is 2. The first-order valence-corrected chi connectivity index (χ1v) is 7.93. The Bertz CT molecular complexity index is 526. The summed E-state index contributed by atoms with van der Waals surface area (Å²) < 4.78 is 0. The SMILES string of the molecule is CN(CCCNC(=O)/C=C/NC(=O)CC(C)(C)CO)C(=O)/C=C\C=O. The Morgan fingerprint density at radius 2 is 1.88 bits per heavy atom. The van der Waals surface area contributed by atoms with Crippen LogP contribution in [-0.4, -0.2) is 60.8 Å². The van der Waals surface area contributed by atoms with E-state index in [9.17, 15) is 19.2 Å². The van der Waals surface area contributed by atoms with Gasteiger partial charge in [0, 0.05) is 51.5 Å². The van der Waals surface area contributed by atoms with Gasteiger partial charge in [-0.05, 0) is 17.9 Å². The van der Waals surface area contributed by atoms with Crippen LogP contribution in [0.15, 0.2) is 24.4 Å². The Hall–Kier alpha value is -2.48. The summed E-state index contributed by atoms with van der Waals surface area (Å²) in [6, 6.07) is 0. The first-order chi connectivity index (χ1) is 11.7. The molecule has 8 heteroatoms. The van der Waals surface area contributed by atoms with Gasteiger partial charge in [0.15, 0.2) is 0 Å². The van der Waals surface area contributed by atoms with Gasteiger partial charge in [-0.15, -0.1) is 0 Å². The highest BCUT2D eigenvalue weighted by molar-refractivity contribution is 5.90. The molecule has 0 aliphatic heterocycles. The molecule has 0 atom stereocenters. The highest BCUT2D eigenvalue weighted by Crippen LogP contribution is 2.18. The van der Waals surface area contributed by atoms with Gasteiger partial charge >= 0.3 is 0 Å². The number of allylic oxidation sites excluding steroid dienone is 1. The number of hydrogen-bond acceptors (Lipinski definition) is 5. The summed E-state index contributed by atoms with van der Waals surface area (Å²) in [7, 11) is 1.60. The lowest BCUT2D eigenvalue weighted by molar-refractivity contribution is -0.125. The van der Waals surface area contributed by atoms with Crippen molar-refractivity contribution in [2.24, 2.45) is 5.41 Å². The maximum Gasteiger partial charge on any atom is 0.246 e. The smallest absolute Gasteiger partial charge is 0.246 e. The van der Waals surface area contributed by atoms with E-state index in [0.29, 0.717) is 25.8 Å². The monoisotopic (exact) mass is 353 g/mol. The van der Waals surface area contributed by atoms with Crippen LogP contribution in [0.25, 0.3) is 0 Å². The van der Waals surface area contributed by atoms with Crippen molar-refractivity contribution in [2.75, 3.05) is 26.7 Å². The molecule has 0 aliphatic rings. The Balaban J connectivity index is 3.97. The van der Waals surface area contributed by atoms with Crippen LogP contribution in [0.5, 0.6) is 0 Å². The van der Waals surface area contributed by atoms with E-state index in [2.05, 4.69) is 10.6 Å². The number of nitrogens with zero attached hydrogens (tertiary/aromatic N) is 1. The fraction of sp³-hybridized carbons (Fsp3) is 0.529. The van der Waals surface area contributed by atoms with Gasteiger partial charge in [-0.25, -0.2) is 0 Å². The minimum atomic E-state index is -0.509. The summed E-state index contributed by atoms with van der Waals surface area (Å²) in [5.41, 5.74) is -0.509. The number of hydrogen-bond donors (Lipinski definition) is 3. The second kappa shape index (κ2) is 12.0. The maximum absolute atomic E-state index is 11.6. The van der Waals surface area contributed by atoms with Gasteiger partial charge in [0.25, 0.3) is 0 Å². The zero-order valence-electron chi connectivity index (χ0n) is 14.9. The molecule has 0 bridgehead atoms. The number of amides is 3. The van der Waals surface area contributed by atoms with Crippen LogP contribution in [-0.2, 0) is 19.2 Å². The Kier molecular flexibility index (Phi) is 10.8. The number of aliphatic hydroxyl groups excluding tert-OH is 1. The lowest BCUT2D eigenvalue weighted by Gasteiger charge is -2.19. The van der Waals surface area contributed by atoms with Gasteiger partial charge in [-0.2, -0.15) is 0 Å². The van der Waals surface area contributed by atoms with Crippen LogP contribution in [0.1, 0.15) is 26.7 Å². The van der Waals surface area contributed by atoms with Gasteiger partial charge in [0.05, 0.1) is 0 Å². The third-order valence-corrected chi connectivity index (χ3v) is 3.21. The number of rotatable bonds is 11. The Morgan fingerprint density at radius 3 is 2.48 bits per heavy atom. The van der Waals surface area contributed by atoms with Crippen LogP contribution >= 0.6 is 0 Å². The zero-order chi connectivity index (χ0) is 19.3. The van der Waals surface area contributed by atoms with E-state index in [-0.39, 0.29) is 30.7 Å². The molecular weight excluding hydrogens is 326 g/mol. The van der Waals surface area contributed by atoms with Crippen molar-refractivity contribution in [3.63, 3.8) is 0 Å². The van der Waals surface area contributed by atoms with E-state index in [1.54, 1.807) is 20.9 Å². The normalized spacial score (nSPS) is 11.5. The topological polar surface area (TPSA) is 116 Å². The highest BCUT2D eigenvalue weighted by Gasteiger charge is 2.20. The Labute approximate surface area is 147 Å². The fourth-order valence-electron chi connectivity index (χ4n) is 1.70. The van der Waals surface area contributed by atoms with Crippen LogP contribution in [0, 0.1) is 5.41 Å². The molecule has 0 aromatic heterocycles. The number of aliphatic hydroxyl groups is 1. The molecule has 3 N–H and O–H groups in total. The van der Waals surface area contributed by atoms with Gasteiger partial charge < -0.3 is 20.6 Å². The van der Waals surface area contributed by atoms with E-state index >= 15 is 0 Å². The maximum atomic E-state index is 11.6. The van der Waals surface area contributed by atoms with Gasteiger partial charge in [-0.1, -0.05) is 13.8 Å². The van der Waals surface area contributed by atoms with Crippen molar-refractivity contribution in [3.8, 4) is 0 Å². The average molecular weight is 353 g/mol. The lowest BCUT2D eigenvalue weighted by atomic mass is 9.90. The average Bonchev–Trinajstić information content (AvgIpc) is 2.55. The molecule has 25 heavy (non-hydrogen) atoms. The van der Waals surface area contributed by atoms with Crippen LogP contribution in [0.3, 0.4) is 0 Å². The largest absolute Gasteiger partial charge is 0.396 e. The number of aldehydes is 1. The van der Waals surface area contributed by atoms with Gasteiger partial charge in [0.2, 0.25) is 17.7 Å². The quantitative estimate of drug-likeness (QED) is 0.269. The molecule has 0 saturated heterocycles. The second-order valence-corrected chi connectivity index (χ2v) is 6.30. The Morgan fingerprint density at radius 1 is 1.20 bits per heavy atom. The summed E-state index contributed by atoms with van der Waals surface area (Å²) in [6.45, 7) is 4.22. The van der Waals surface area contributed by atoms with Crippen molar-refractivity contribution >= 4 is 24.0 Å². The summed E-state index contributed by atoms with van der Waals surface area (Å²) in [6.07, 6.45) is 5.98. The first-order valence-electron chi connectivity index (χ1n) is 7.93. The predicted octanol–water partition coefficient (Wildman–Crippen LogP) is -0.255. The molecule has 0 aromatic rings. The van der Waals surface area contributed by atoms with Crippen molar-refractivity contribution in [1.82, 2.24) is 15.5 Å². The molecule has 0 rings (SSSR count). The number of carbonyl (C=O) groups is 4. The summed E-state index contributed by atoms with van der Waals surface area (Å²) in [4.78, 5) is 46.2. The predicted molar refractivity (Wildman–Crippen MR) is 93.2 cm³/mol. The molecule has 8 nitrogen and oxygen atoms in total. The number of likely N-dealkylation sites (N-methyl/N-ethyl adjacent to an activating group) is 1. The summed E-state index contributed by atoms with van der Waals surface area (Å²) in [5.74, 6) is -0.935. The zero-order valence-corrected chi connectivity index (χ0v) is 14.9. The molecule has 0 radical (unpaired) electrons. The van der Waals surface area contributed by atoms with Crippen LogP contribution in [0.4, 0.5) is 0 Å². The molecule has 0 aliphatic carbocycles. The van der Waals surface area contributed by atoms with Crippen LogP contribution < -0.4 is 10.6 Å². The van der Waals surface area contributed by atoms with E-state index in [1.165, 1.54) is 23.3 Å². The minimum Gasteiger partial charge on any atom is -0.396 e.